The maximum absolute atomic E-state index is 15.2. The Kier molecular flexibility index (Phi) is 6.84. The van der Waals surface area contributed by atoms with Gasteiger partial charge in [0.05, 0.1) is 17.2 Å². The van der Waals surface area contributed by atoms with Gasteiger partial charge in [-0.05, 0) is 31.2 Å². The number of piperidine rings is 1. The summed E-state index contributed by atoms with van der Waals surface area (Å²) in [6.07, 6.45) is -4.27. The van der Waals surface area contributed by atoms with Gasteiger partial charge in [0.1, 0.15) is 23.5 Å². The van der Waals surface area contributed by atoms with E-state index >= 15 is 4.39 Å². The van der Waals surface area contributed by atoms with Gasteiger partial charge in [-0.2, -0.15) is 13.2 Å². The molecule has 0 saturated carbocycles. The number of halogens is 4. The number of nitrogens with zero attached hydrogens (tertiary/aromatic N) is 2. The Labute approximate surface area is 217 Å². The lowest BCUT2D eigenvalue weighted by molar-refractivity contribution is -0.152. The number of alkyl carbamates (subject to hydrolysis) is 1. The van der Waals surface area contributed by atoms with Crippen LogP contribution in [0.25, 0.3) is 0 Å². The molecule has 2 unspecified atom stereocenters. The number of carbonyl (C=O) groups excluding carboxylic acids is 4. The van der Waals surface area contributed by atoms with Crippen LogP contribution in [0.15, 0.2) is 12.1 Å². The van der Waals surface area contributed by atoms with Crippen molar-refractivity contribution in [3.63, 3.8) is 0 Å². The maximum atomic E-state index is 15.2. The second kappa shape index (κ2) is 9.97. The lowest BCUT2D eigenvalue weighted by atomic mass is 9.91. The van der Waals surface area contributed by atoms with E-state index in [2.05, 4.69) is 15.6 Å². The van der Waals surface area contributed by atoms with E-state index in [-0.39, 0.29) is 60.0 Å². The molecule has 0 spiro atoms. The molecule has 2 aromatic rings. The van der Waals surface area contributed by atoms with Crippen LogP contribution >= 0.6 is 11.3 Å². The average molecular weight is 555 g/mol. The first kappa shape index (κ1) is 26.1. The number of rotatable bonds is 5. The van der Waals surface area contributed by atoms with Crippen molar-refractivity contribution in [3.8, 4) is 0 Å². The van der Waals surface area contributed by atoms with E-state index in [1.54, 1.807) is 0 Å². The molecule has 5 rings (SSSR count). The van der Waals surface area contributed by atoms with Gasteiger partial charge in [0.25, 0.3) is 5.91 Å². The van der Waals surface area contributed by atoms with Crippen molar-refractivity contribution in [1.82, 2.24) is 20.5 Å². The molecular formula is C24H22F4N4O5S. The Morgan fingerprint density at radius 2 is 2.00 bits per heavy atom. The van der Waals surface area contributed by atoms with Gasteiger partial charge in [0.15, 0.2) is 0 Å². The molecule has 1 aromatic carbocycles. The van der Waals surface area contributed by atoms with Crippen molar-refractivity contribution in [3.05, 3.63) is 50.2 Å². The number of aryl methyl sites for hydroxylation is 1. The number of aromatic nitrogens is 1. The predicted octanol–water partition coefficient (Wildman–Crippen LogP) is 3.45. The van der Waals surface area contributed by atoms with Crippen LogP contribution in [-0.2, 0) is 40.4 Å². The maximum Gasteiger partial charge on any atom is 0.407 e. The van der Waals surface area contributed by atoms with Gasteiger partial charge in [0, 0.05) is 30.0 Å². The number of alkyl halides is 3. The molecule has 14 heteroatoms. The summed E-state index contributed by atoms with van der Waals surface area (Å²) in [6.45, 7) is -0.631. The highest BCUT2D eigenvalue weighted by atomic mass is 32.1. The Hall–Kier alpha value is -3.55. The number of amides is 4. The second-order valence-corrected chi connectivity index (χ2v) is 10.4. The highest BCUT2D eigenvalue weighted by Gasteiger charge is 2.44. The Morgan fingerprint density at radius 3 is 2.74 bits per heavy atom. The number of fused-ring (bicyclic) bond motifs is 2. The smallest absolute Gasteiger partial charge is 0.407 e. The van der Waals surface area contributed by atoms with E-state index in [9.17, 15) is 32.3 Å². The Bertz CT molecular complexity index is 1330. The second-order valence-electron chi connectivity index (χ2n) is 9.31. The number of carbonyl (C=O) groups is 4. The number of hydrogen-bond donors (Lipinski definition) is 2. The minimum Gasteiger partial charge on any atom is -0.442 e. The number of nitrogens with one attached hydrogen (secondary N) is 2. The molecule has 1 aliphatic carbocycles. The van der Waals surface area contributed by atoms with Crippen molar-refractivity contribution in [1.29, 1.82) is 0 Å². The molecule has 3 aliphatic rings. The van der Waals surface area contributed by atoms with Crippen molar-refractivity contribution in [2.45, 2.75) is 69.9 Å². The lowest BCUT2D eigenvalue weighted by Crippen LogP contribution is -2.52. The van der Waals surface area contributed by atoms with Crippen LogP contribution in [0.2, 0.25) is 0 Å². The number of ether oxygens (including phenoxy) is 1. The van der Waals surface area contributed by atoms with Gasteiger partial charge in [-0.1, -0.05) is 12.1 Å². The third kappa shape index (κ3) is 4.96. The number of hydrogen-bond acceptors (Lipinski definition) is 7. The zero-order chi connectivity index (χ0) is 27.2. The van der Waals surface area contributed by atoms with E-state index in [1.165, 1.54) is 17.0 Å². The first-order chi connectivity index (χ1) is 18.0. The molecule has 202 valence electrons. The lowest BCUT2D eigenvalue weighted by Gasteiger charge is -2.29. The summed E-state index contributed by atoms with van der Waals surface area (Å²) in [5.74, 6) is -4.12. The van der Waals surface area contributed by atoms with Gasteiger partial charge in [-0.25, -0.2) is 14.2 Å². The van der Waals surface area contributed by atoms with E-state index in [4.69, 9.17) is 4.74 Å². The molecule has 0 radical (unpaired) electrons. The van der Waals surface area contributed by atoms with Crippen LogP contribution in [0.1, 0.15) is 68.7 Å². The number of thiazole rings is 1. The monoisotopic (exact) mass is 554 g/mol. The summed E-state index contributed by atoms with van der Waals surface area (Å²) in [4.78, 5) is 54.2. The van der Waals surface area contributed by atoms with Gasteiger partial charge >= 0.3 is 12.3 Å². The third-order valence-corrected chi connectivity index (χ3v) is 8.03. The summed E-state index contributed by atoms with van der Waals surface area (Å²) in [5, 5.41) is 4.78. The molecule has 1 fully saturated rings. The standard InChI is InChI=1S/C24H22F4N4O5S/c25-19-11(4-5-12-9-32(22(35)18(12)19)15-6-7-16(33)31-21(15)34)8-29-23(36)37-10-17-30-14-3-1-2-13(20(14)38-17)24(26,27)28/h4-5,13,15H,1-3,6-10H2,(H,29,36)(H,31,33,34). The van der Waals surface area contributed by atoms with Gasteiger partial charge < -0.3 is 15.0 Å². The number of benzene rings is 1. The molecule has 2 atom stereocenters. The predicted molar refractivity (Wildman–Crippen MR) is 123 cm³/mol. The SMILES string of the molecule is O=C1CCC(N2Cc3ccc(CNC(=O)OCc4nc5c(s4)C(C(F)(F)F)CCC5)c(F)c3C2=O)C(=O)N1. The number of imide groups is 1. The van der Waals surface area contributed by atoms with Crippen LogP contribution in [0, 0.1) is 5.82 Å². The molecule has 4 amide bonds. The van der Waals surface area contributed by atoms with E-state index < -0.39 is 47.8 Å². The fourth-order valence-corrected chi connectivity index (χ4v) is 6.17. The fraction of sp³-hybridized carbons (Fsp3) is 0.458. The molecule has 3 heterocycles. The summed E-state index contributed by atoms with van der Waals surface area (Å²) in [7, 11) is 0. The molecule has 0 bridgehead atoms. The van der Waals surface area contributed by atoms with Crippen molar-refractivity contribution in [2.24, 2.45) is 0 Å². The highest BCUT2D eigenvalue weighted by Crippen LogP contribution is 2.45. The molecule has 1 aromatic heterocycles. The molecule has 9 nitrogen and oxygen atoms in total. The van der Waals surface area contributed by atoms with E-state index in [0.717, 1.165) is 11.3 Å². The molecule has 2 aliphatic heterocycles. The van der Waals surface area contributed by atoms with Crippen molar-refractivity contribution in [2.75, 3.05) is 0 Å². The molecule has 2 N–H and O–H groups in total. The zero-order valence-electron chi connectivity index (χ0n) is 19.8. The summed E-state index contributed by atoms with van der Waals surface area (Å²) in [5.41, 5.74) is 0.569. The molecule has 1 saturated heterocycles. The summed E-state index contributed by atoms with van der Waals surface area (Å²) >= 11 is 0.870. The quantitative estimate of drug-likeness (QED) is 0.432. The topological polar surface area (TPSA) is 118 Å². The van der Waals surface area contributed by atoms with Crippen molar-refractivity contribution < 1.29 is 41.5 Å². The van der Waals surface area contributed by atoms with Gasteiger partial charge in [-0.15, -0.1) is 11.3 Å². The van der Waals surface area contributed by atoms with Crippen LogP contribution in [-0.4, -0.2) is 45.9 Å². The van der Waals surface area contributed by atoms with Crippen LogP contribution < -0.4 is 10.6 Å². The highest BCUT2D eigenvalue weighted by molar-refractivity contribution is 7.11. The van der Waals surface area contributed by atoms with E-state index in [1.807, 2.05) is 0 Å². The minimum absolute atomic E-state index is 0.000388. The van der Waals surface area contributed by atoms with Crippen LogP contribution in [0.4, 0.5) is 22.4 Å². The minimum atomic E-state index is -4.36. The van der Waals surface area contributed by atoms with E-state index in [0.29, 0.717) is 24.1 Å². The summed E-state index contributed by atoms with van der Waals surface area (Å²) < 4.78 is 60.1. The van der Waals surface area contributed by atoms with Crippen molar-refractivity contribution >= 4 is 35.2 Å². The first-order valence-corrected chi connectivity index (χ1v) is 12.7. The summed E-state index contributed by atoms with van der Waals surface area (Å²) in [6, 6.07) is 2.05. The van der Waals surface area contributed by atoms with Crippen LogP contribution in [0.3, 0.4) is 0 Å². The molecular weight excluding hydrogens is 532 g/mol. The Balaban J connectivity index is 1.19. The van der Waals surface area contributed by atoms with Gasteiger partial charge in [0.2, 0.25) is 11.8 Å². The zero-order valence-corrected chi connectivity index (χ0v) is 20.6. The van der Waals surface area contributed by atoms with Crippen LogP contribution in [0.5, 0.6) is 0 Å². The largest absolute Gasteiger partial charge is 0.442 e. The average Bonchev–Trinajstić information content (AvgIpc) is 3.42. The molecule has 38 heavy (non-hydrogen) atoms. The van der Waals surface area contributed by atoms with Gasteiger partial charge in [-0.3, -0.25) is 19.7 Å². The first-order valence-electron chi connectivity index (χ1n) is 11.9. The third-order valence-electron chi connectivity index (χ3n) is 6.85. The fourth-order valence-electron chi connectivity index (χ4n) is 4.98. The Morgan fingerprint density at radius 1 is 1.21 bits per heavy atom. The normalized spacial score (nSPS) is 21.2.